The van der Waals surface area contributed by atoms with Crippen molar-refractivity contribution in [1.82, 2.24) is 0 Å². The van der Waals surface area contributed by atoms with Gasteiger partial charge in [0.2, 0.25) is 0 Å². The Kier molecular flexibility index (Phi) is 17.4. The van der Waals surface area contributed by atoms with Crippen LogP contribution < -0.4 is 0 Å². The molecule has 0 saturated carbocycles. The Morgan fingerprint density at radius 1 is 0.500 bits per heavy atom. The van der Waals surface area contributed by atoms with Crippen LogP contribution in [-0.4, -0.2) is 0 Å². The SMILES string of the molecule is CCCCCCCCCCCCC(CC)CCCC(C)CC. The molecule has 0 aromatic rings. The van der Waals surface area contributed by atoms with Crippen LogP contribution in [0.15, 0.2) is 0 Å². The normalized spacial score (nSPS) is 14.2. The van der Waals surface area contributed by atoms with Crippen LogP contribution >= 0.6 is 0 Å². The molecule has 0 aliphatic heterocycles. The minimum absolute atomic E-state index is 0.940. The lowest BCUT2D eigenvalue weighted by Crippen LogP contribution is -2.01. The summed E-state index contributed by atoms with van der Waals surface area (Å²) < 4.78 is 0. The van der Waals surface area contributed by atoms with E-state index in [0.29, 0.717) is 0 Å². The highest BCUT2D eigenvalue weighted by atomic mass is 14.1. The van der Waals surface area contributed by atoms with Crippen LogP contribution in [0.4, 0.5) is 0 Å². The lowest BCUT2D eigenvalue weighted by atomic mass is 9.90. The zero-order valence-electron chi connectivity index (χ0n) is 16.5. The largest absolute Gasteiger partial charge is 0.0654 e. The first kappa shape index (κ1) is 22.0. The minimum atomic E-state index is 0.940. The van der Waals surface area contributed by atoms with Gasteiger partial charge in [-0.2, -0.15) is 0 Å². The van der Waals surface area contributed by atoms with Crippen molar-refractivity contribution >= 4 is 0 Å². The van der Waals surface area contributed by atoms with Gasteiger partial charge in [-0.25, -0.2) is 0 Å². The second kappa shape index (κ2) is 17.4. The molecule has 0 nitrogen and oxygen atoms in total. The van der Waals surface area contributed by atoms with E-state index in [0.717, 1.165) is 11.8 Å². The molecule has 0 rings (SSSR count). The first-order valence-corrected chi connectivity index (χ1v) is 10.7. The topological polar surface area (TPSA) is 0 Å². The Bertz CT molecular complexity index is 196. The van der Waals surface area contributed by atoms with E-state index in [9.17, 15) is 0 Å². The molecule has 0 aliphatic carbocycles. The van der Waals surface area contributed by atoms with E-state index in [-0.39, 0.29) is 0 Å². The summed E-state index contributed by atoms with van der Waals surface area (Å²) in [7, 11) is 0. The van der Waals surface area contributed by atoms with E-state index < -0.39 is 0 Å². The quantitative estimate of drug-likeness (QED) is 0.236. The maximum absolute atomic E-state index is 2.41. The molecule has 0 amide bonds. The molecule has 2 atom stereocenters. The molecule has 0 saturated heterocycles. The Morgan fingerprint density at radius 2 is 1.00 bits per heavy atom. The van der Waals surface area contributed by atoms with Gasteiger partial charge in [0, 0.05) is 0 Å². The van der Waals surface area contributed by atoms with E-state index >= 15 is 0 Å². The molecule has 22 heavy (non-hydrogen) atoms. The fourth-order valence-corrected chi connectivity index (χ4v) is 3.43. The zero-order valence-corrected chi connectivity index (χ0v) is 16.5. The molecule has 2 unspecified atom stereocenters. The summed E-state index contributed by atoms with van der Waals surface area (Å²) in [5.41, 5.74) is 0. The third-order valence-electron chi connectivity index (χ3n) is 5.55. The fraction of sp³-hybridized carbons (Fsp3) is 1.00. The molecule has 0 aromatic heterocycles. The molecule has 0 aliphatic rings. The van der Waals surface area contributed by atoms with E-state index in [1.807, 2.05) is 0 Å². The molecule has 0 heteroatoms. The van der Waals surface area contributed by atoms with Gasteiger partial charge in [0.05, 0.1) is 0 Å². The van der Waals surface area contributed by atoms with Crippen molar-refractivity contribution in [2.45, 2.75) is 130 Å². The van der Waals surface area contributed by atoms with E-state index in [4.69, 9.17) is 0 Å². The van der Waals surface area contributed by atoms with Gasteiger partial charge in [-0.3, -0.25) is 0 Å². The number of unbranched alkanes of at least 4 members (excludes halogenated alkanes) is 9. The van der Waals surface area contributed by atoms with Crippen LogP contribution in [-0.2, 0) is 0 Å². The monoisotopic (exact) mass is 310 g/mol. The molecular weight excluding hydrogens is 264 g/mol. The Hall–Kier alpha value is 0. The molecule has 134 valence electrons. The maximum Gasteiger partial charge on any atom is -0.0417 e. The summed E-state index contributed by atoms with van der Waals surface area (Å²) in [6, 6.07) is 0. The Morgan fingerprint density at radius 3 is 1.50 bits per heavy atom. The molecule has 0 spiro atoms. The van der Waals surface area contributed by atoms with Crippen LogP contribution in [0.25, 0.3) is 0 Å². The number of hydrogen-bond donors (Lipinski definition) is 0. The van der Waals surface area contributed by atoms with Crippen molar-refractivity contribution in [3.63, 3.8) is 0 Å². The van der Waals surface area contributed by atoms with Crippen molar-refractivity contribution < 1.29 is 0 Å². The highest BCUT2D eigenvalue weighted by molar-refractivity contribution is 4.60. The summed E-state index contributed by atoms with van der Waals surface area (Å²) >= 11 is 0. The predicted molar refractivity (Wildman–Crippen MR) is 104 cm³/mol. The fourth-order valence-electron chi connectivity index (χ4n) is 3.43. The summed E-state index contributed by atoms with van der Waals surface area (Å²) in [6.45, 7) is 9.42. The predicted octanol–water partition coefficient (Wildman–Crippen LogP) is 8.54. The molecular formula is C22H46. The third kappa shape index (κ3) is 14.9. The first-order chi connectivity index (χ1) is 10.7. The van der Waals surface area contributed by atoms with Gasteiger partial charge in [0.1, 0.15) is 0 Å². The highest BCUT2D eigenvalue weighted by Gasteiger charge is 2.07. The van der Waals surface area contributed by atoms with Crippen molar-refractivity contribution in [2.24, 2.45) is 11.8 Å². The molecule has 0 aromatic carbocycles. The first-order valence-electron chi connectivity index (χ1n) is 10.7. The van der Waals surface area contributed by atoms with Crippen molar-refractivity contribution in [3.8, 4) is 0 Å². The zero-order chi connectivity index (χ0) is 16.5. The molecule has 0 bridgehead atoms. The van der Waals surface area contributed by atoms with Crippen LogP contribution in [0, 0.1) is 11.8 Å². The second-order valence-electron chi connectivity index (χ2n) is 7.69. The van der Waals surface area contributed by atoms with Gasteiger partial charge in [0.15, 0.2) is 0 Å². The highest BCUT2D eigenvalue weighted by Crippen LogP contribution is 2.22. The third-order valence-corrected chi connectivity index (χ3v) is 5.55. The van der Waals surface area contributed by atoms with E-state index in [2.05, 4.69) is 27.7 Å². The van der Waals surface area contributed by atoms with Crippen molar-refractivity contribution in [3.05, 3.63) is 0 Å². The van der Waals surface area contributed by atoms with Gasteiger partial charge in [-0.15, -0.1) is 0 Å². The molecule has 0 fully saturated rings. The maximum atomic E-state index is 2.41. The van der Waals surface area contributed by atoms with Crippen molar-refractivity contribution in [1.29, 1.82) is 0 Å². The number of hydrogen-bond acceptors (Lipinski definition) is 0. The van der Waals surface area contributed by atoms with Crippen LogP contribution in [0.1, 0.15) is 130 Å². The van der Waals surface area contributed by atoms with Gasteiger partial charge >= 0.3 is 0 Å². The Labute approximate surface area is 142 Å². The summed E-state index contributed by atoms with van der Waals surface area (Å²) in [6.07, 6.45) is 23.3. The van der Waals surface area contributed by atoms with Crippen LogP contribution in [0.2, 0.25) is 0 Å². The summed E-state index contributed by atoms with van der Waals surface area (Å²) in [5.74, 6) is 1.95. The summed E-state index contributed by atoms with van der Waals surface area (Å²) in [4.78, 5) is 0. The lowest BCUT2D eigenvalue weighted by molar-refractivity contribution is 0.375. The van der Waals surface area contributed by atoms with Gasteiger partial charge < -0.3 is 0 Å². The minimum Gasteiger partial charge on any atom is -0.0654 e. The van der Waals surface area contributed by atoms with Crippen molar-refractivity contribution in [2.75, 3.05) is 0 Å². The average molecular weight is 311 g/mol. The molecule has 0 radical (unpaired) electrons. The molecule has 0 heterocycles. The molecule has 0 N–H and O–H groups in total. The number of rotatable bonds is 17. The van der Waals surface area contributed by atoms with Crippen LogP contribution in [0.3, 0.4) is 0 Å². The van der Waals surface area contributed by atoms with Gasteiger partial charge in [-0.1, -0.05) is 130 Å². The van der Waals surface area contributed by atoms with E-state index in [1.165, 1.54) is 103 Å². The van der Waals surface area contributed by atoms with Gasteiger partial charge in [-0.05, 0) is 11.8 Å². The summed E-state index contributed by atoms with van der Waals surface area (Å²) in [5, 5.41) is 0. The Balaban J connectivity index is 3.32. The van der Waals surface area contributed by atoms with E-state index in [1.54, 1.807) is 0 Å². The second-order valence-corrected chi connectivity index (χ2v) is 7.69. The average Bonchev–Trinajstić information content (AvgIpc) is 2.54. The smallest absolute Gasteiger partial charge is 0.0417 e. The lowest BCUT2D eigenvalue weighted by Gasteiger charge is -2.16. The standard InChI is InChI=1S/C22H46/c1-5-8-9-10-11-12-13-14-15-16-19-22(7-3)20-17-18-21(4)6-2/h21-22H,5-20H2,1-4H3. The van der Waals surface area contributed by atoms with Gasteiger partial charge in [0.25, 0.3) is 0 Å². The van der Waals surface area contributed by atoms with Crippen LogP contribution in [0.5, 0.6) is 0 Å².